The van der Waals surface area contributed by atoms with Crippen LogP contribution in [0.4, 0.5) is 0 Å². The molecule has 0 bridgehead atoms. The van der Waals surface area contributed by atoms with Gasteiger partial charge in [0.25, 0.3) is 0 Å². The first-order valence-electron chi connectivity index (χ1n) is 5.33. The predicted molar refractivity (Wildman–Crippen MR) is 61.0 cm³/mol. The lowest BCUT2D eigenvalue weighted by molar-refractivity contribution is 0.146. The summed E-state index contributed by atoms with van der Waals surface area (Å²) in [4.78, 5) is 0. The van der Waals surface area contributed by atoms with E-state index in [1.165, 1.54) is 6.42 Å². The third-order valence-corrected chi connectivity index (χ3v) is 2.59. The molecule has 1 saturated heterocycles. The van der Waals surface area contributed by atoms with Crippen LogP contribution in [0.3, 0.4) is 0 Å². The summed E-state index contributed by atoms with van der Waals surface area (Å²) in [5.41, 5.74) is 1.11. The van der Waals surface area contributed by atoms with Gasteiger partial charge >= 0.3 is 0 Å². The summed E-state index contributed by atoms with van der Waals surface area (Å²) in [7, 11) is 1.69. The molecule has 0 spiro atoms. The molecule has 1 aliphatic rings. The smallest absolute Gasteiger partial charge is 0.126 e. The first-order valence-corrected chi connectivity index (χ1v) is 5.33. The van der Waals surface area contributed by atoms with Gasteiger partial charge in [-0.2, -0.15) is 0 Å². The Kier molecular flexibility index (Phi) is 3.41. The lowest BCUT2D eigenvalue weighted by atomic mass is 10.1. The molecule has 0 aliphatic carbocycles. The van der Waals surface area contributed by atoms with Crippen molar-refractivity contribution in [2.45, 2.75) is 18.9 Å². The molecule has 0 N–H and O–H groups in total. The van der Waals surface area contributed by atoms with Crippen LogP contribution in [0.25, 0.3) is 6.08 Å². The van der Waals surface area contributed by atoms with Crippen LogP contribution >= 0.6 is 0 Å². The molecule has 1 atom stereocenters. The Morgan fingerprint density at radius 1 is 1.40 bits per heavy atom. The molecule has 1 aromatic rings. The second-order valence-electron chi connectivity index (χ2n) is 3.65. The standard InChI is InChI=1S/C13H16O2/c1-14-13-7-3-2-5-11(13)8-9-12-6-4-10-15-12/h2-3,5,7-9,12H,4,6,10H2,1H3. The van der Waals surface area contributed by atoms with E-state index in [-0.39, 0.29) is 6.10 Å². The SMILES string of the molecule is COc1ccccc1C=CC1CCCO1. The van der Waals surface area contributed by atoms with Gasteiger partial charge in [0.05, 0.1) is 13.2 Å². The average Bonchev–Trinajstić information content (AvgIpc) is 2.79. The van der Waals surface area contributed by atoms with Crippen molar-refractivity contribution in [3.05, 3.63) is 35.9 Å². The molecule has 1 heterocycles. The Labute approximate surface area is 90.5 Å². The second-order valence-corrected chi connectivity index (χ2v) is 3.65. The molecular weight excluding hydrogens is 188 g/mol. The fourth-order valence-electron chi connectivity index (χ4n) is 1.77. The number of benzene rings is 1. The fraction of sp³-hybridized carbons (Fsp3) is 0.385. The van der Waals surface area contributed by atoms with Crippen molar-refractivity contribution in [3.8, 4) is 5.75 Å². The van der Waals surface area contributed by atoms with Crippen molar-refractivity contribution in [3.63, 3.8) is 0 Å². The summed E-state index contributed by atoms with van der Waals surface area (Å²) >= 11 is 0. The van der Waals surface area contributed by atoms with Crippen LogP contribution < -0.4 is 4.74 Å². The molecule has 80 valence electrons. The highest BCUT2D eigenvalue weighted by Gasteiger charge is 2.11. The predicted octanol–water partition coefficient (Wildman–Crippen LogP) is 2.89. The summed E-state index contributed by atoms with van der Waals surface area (Å²) in [5.74, 6) is 0.909. The van der Waals surface area contributed by atoms with E-state index in [4.69, 9.17) is 9.47 Å². The summed E-state index contributed by atoms with van der Waals surface area (Å²) in [6.07, 6.45) is 6.78. The maximum atomic E-state index is 5.52. The second kappa shape index (κ2) is 4.99. The van der Waals surface area contributed by atoms with E-state index in [1.807, 2.05) is 24.3 Å². The van der Waals surface area contributed by atoms with Gasteiger partial charge in [-0.15, -0.1) is 0 Å². The summed E-state index contributed by atoms with van der Waals surface area (Å²) in [6, 6.07) is 8.00. The van der Waals surface area contributed by atoms with Crippen LogP contribution in [0.1, 0.15) is 18.4 Å². The van der Waals surface area contributed by atoms with Gasteiger partial charge in [-0.05, 0) is 18.9 Å². The normalized spacial score (nSPS) is 21.0. The molecule has 1 aromatic carbocycles. The van der Waals surface area contributed by atoms with Gasteiger partial charge in [0.15, 0.2) is 0 Å². The van der Waals surface area contributed by atoms with Crippen molar-refractivity contribution >= 4 is 6.08 Å². The molecule has 0 saturated carbocycles. The van der Waals surface area contributed by atoms with Gasteiger partial charge in [-0.3, -0.25) is 0 Å². The zero-order chi connectivity index (χ0) is 10.5. The highest BCUT2D eigenvalue weighted by molar-refractivity contribution is 5.57. The quantitative estimate of drug-likeness (QED) is 0.753. The first kappa shape index (κ1) is 10.2. The van der Waals surface area contributed by atoms with Crippen LogP contribution in [-0.4, -0.2) is 19.8 Å². The molecule has 2 heteroatoms. The zero-order valence-corrected chi connectivity index (χ0v) is 8.98. The molecule has 1 fully saturated rings. The van der Waals surface area contributed by atoms with Crippen LogP contribution in [0.5, 0.6) is 5.75 Å². The third-order valence-electron chi connectivity index (χ3n) is 2.59. The Morgan fingerprint density at radius 3 is 3.00 bits per heavy atom. The minimum absolute atomic E-state index is 0.287. The van der Waals surface area contributed by atoms with Crippen LogP contribution in [0.15, 0.2) is 30.3 Å². The topological polar surface area (TPSA) is 18.5 Å². The maximum absolute atomic E-state index is 5.52. The number of hydrogen-bond donors (Lipinski definition) is 0. The molecule has 0 aromatic heterocycles. The Morgan fingerprint density at radius 2 is 2.27 bits per heavy atom. The Bertz CT molecular complexity index is 338. The van der Waals surface area contributed by atoms with Crippen LogP contribution in [-0.2, 0) is 4.74 Å². The molecule has 0 radical (unpaired) electrons. The number of rotatable bonds is 3. The summed E-state index contributed by atoms with van der Waals surface area (Å²) in [5, 5.41) is 0. The molecule has 0 amide bonds. The average molecular weight is 204 g/mol. The van der Waals surface area contributed by atoms with E-state index >= 15 is 0 Å². The van der Waals surface area contributed by atoms with Crippen molar-refractivity contribution in [1.82, 2.24) is 0 Å². The first-order chi connectivity index (χ1) is 7.40. The van der Waals surface area contributed by atoms with E-state index in [1.54, 1.807) is 7.11 Å². The van der Waals surface area contributed by atoms with Crippen LogP contribution in [0.2, 0.25) is 0 Å². The summed E-state index contributed by atoms with van der Waals surface area (Å²) in [6.45, 7) is 0.890. The molecular formula is C13H16O2. The molecule has 1 unspecified atom stereocenters. The minimum atomic E-state index is 0.287. The monoisotopic (exact) mass is 204 g/mol. The Hall–Kier alpha value is -1.28. The van der Waals surface area contributed by atoms with E-state index < -0.39 is 0 Å². The van der Waals surface area contributed by atoms with Crippen molar-refractivity contribution < 1.29 is 9.47 Å². The van der Waals surface area contributed by atoms with E-state index in [2.05, 4.69) is 12.2 Å². The van der Waals surface area contributed by atoms with Gasteiger partial charge < -0.3 is 9.47 Å². The lowest BCUT2D eigenvalue weighted by Crippen LogP contribution is -1.98. The molecule has 15 heavy (non-hydrogen) atoms. The number of para-hydroxylation sites is 1. The fourth-order valence-corrected chi connectivity index (χ4v) is 1.77. The van der Waals surface area contributed by atoms with Gasteiger partial charge in [0.2, 0.25) is 0 Å². The van der Waals surface area contributed by atoms with Gasteiger partial charge in [-0.1, -0.05) is 30.4 Å². The van der Waals surface area contributed by atoms with Crippen LogP contribution in [0, 0.1) is 0 Å². The van der Waals surface area contributed by atoms with Crippen molar-refractivity contribution in [2.24, 2.45) is 0 Å². The highest BCUT2D eigenvalue weighted by atomic mass is 16.5. The molecule has 1 aliphatic heterocycles. The summed E-state index contributed by atoms with van der Waals surface area (Å²) < 4.78 is 10.8. The van der Waals surface area contributed by atoms with Crippen molar-refractivity contribution in [2.75, 3.05) is 13.7 Å². The van der Waals surface area contributed by atoms with E-state index in [0.29, 0.717) is 0 Å². The zero-order valence-electron chi connectivity index (χ0n) is 8.98. The van der Waals surface area contributed by atoms with Gasteiger partial charge in [-0.25, -0.2) is 0 Å². The third kappa shape index (κ3) is 2.60. The van der Waals surface area contributed by atoms with E-state index in [0.717, 1.165) is 24.3 Å². The Balaban J connectivity index is 2.08. The number of hydrogen-bond acceptors (Lipinski definition) is 2. The number of methoxy groups -OCH3 is 1. The molecule has 2 nitrogen and oxygen atoms in total. The highest BCUT2D eigenvalue weighted by Crippen LogP contribution is 2.20. The van der Waals surface area contributed by atoms with Gasteiger partial charge in [0.1, 0.15) is 5.75 Å². The van der Waals surface area contributed by atoms with Gasteiger partial charge in [0, 0.05) is 12.2 Å². The number of ether oxygens (including phenoxy) is 2. The lowest BCUT2D eigenvalue weighted by Gasteiger charge is -2.05. The molecule has 2 rings (SSSR count). The van der Waals surface area contributed by atoms with Crippen molar-refractivity contribution in [1.29, 1.82) is 0 Å². The minimum Gasteiger partial charge on any atom is -0.496 e. The maximum Gasteiger partial charge on any atom is 0.126 e. The largest absolute Gasteiger partial charge is 0.496 e. The van der Waals surface area contributed by atoms with E-state index in [9.17, 15) is 0 Å².